The highest BCUT2D eigenvalue weighted by molar-refractivity contribution is 6.30. The van der Waals surface area contributed by atoms with Crippen molar-refractivity contribution < 1.29 is 14.1 Å². The molecule has 0 bridgehead atoms. The second kappa shape index (κ2) is 7.40. The summed E-state index contributed by atoms with van der Waals surface area (Å²) in [6.45, 7) is 4.09. The molecule has 0 aliphatic rings. The van der Waals surface area contributed by atoms with E-state index >= 15 is 0 Å². The average molecular weight is 357 g/mol. The molecule has 0 unspecified atom stereocenters. The van der Waals surface area contributed by atoms with E-state index in [2.05, 4.69) is 10.5 Å². The van der Waals surface area contributed by atoms with Gasteiger partial charge < -0.3 is 14.6 Å². The molecule has 0 saturated carbocycles. The summed E-state index contributed by atoms with van der Waals surface area (Å²) < 4.78 is 10.8. The van der Waals surface area contributed by atoms with Gasteiger partial charge in [-0.2, -0.15) is 0 Å². The zero-order valence-corrected chi connectivity index (χ0v) is 14.6. The largest absolute Gasteiger partial charge is 0.489 e. The van der Waals surface area contributed by atoms with Crippen LogP contribution in [0.25, 0.3) is 0 Å². The van der Waals surface area contributed by atoms with E-state index < -0.39 is 0 Å². The minimum Gasteiger partial charge on any atom is -0.489 e. The number of carbonyl (C=O) groups excluding carboxylic acids is 1. The molecule has 0 fully saturated rings. The van der Waals surface area contributed by atoms with Gasteiger partial charge in [0.05, 0.1) is 11.3 Å². The molecule has 0 spiro atoms. The first-order valence-electron chi connectivity index (χ1n) is 7.74. The van der Waals surface area contributed by atoms with Crippen molar-refractivity contribution in [1.82, 2.24) is 5.16 Å². The fourth-order valence-electron chi connectivity index (χ4n) is 2.34. The van der Waals surface area contributed by atoms with Gasteiger partial charge in [0.1, 0.15) is 18.1 Å². The van der Waals surface area contributed by atoms with E-state index in [1.54, 1.807) is 48.5 Å². The molecule has 1 aromatic heterocycles. The maximum Gasteiger partial charge on any atom is 0.255 e. The molecule has 1 amide bonds. The van der Waals surface area contributed by atoms with Gasteiger partial charge in [-0.3, -0.25) is 4.79 Å². The summed E-state index contributed by atoms with van der Waals surface area (Å²) in [7, 11) is 0. The standard InChI is InChI=1S/C19H17ClN2O3/c1-12-18(13(2)25-22-12)11-24-17-8-6-14(7-9-17)19(23)21-16-5-3-4-15(20)10-16/h3-10H,11H2,1-2H3,(H,21,23). The highest BCUT2D eigenvalue weighted by Gasteiger charge is 2.10. The fourth-order valence-corrected chi connectivity index (χ4v) is 2.53. The number of aromatic nitrogens is 1. The van der Waals surface area contributed by atoms with Crippen LogP contribution in [0.3, 0.4) is 0 Å². The van der Waals surface area contributed by atoms with E-state index in [-0.39, 0.29) is 5.91 Å². The van der Waals surface area contributed by atoms with Gasteiger partial charge in [-0.25, -0.2) is 0 Å². The zero-order valence-electron chi connectivity index (χ0n) is 13.9. The van der Waals surface area contributed by atoms with E-state index in [0.717, 1.165) is 17.0 Å². The number of aryl methyl sites for hydroxylation is 2. The number of carbonyl (C=O) groups is 1. The summed E-state index contributed by atoms with van der Waals surface area (Å²) in [5.41, 5.74) is 2.93. The quantitative estimate of drug-likeness (QED) is 0.714. The Balaban J connectivity index is 1.62. The van der Waals surface area contributed by atoms with Crippen LogP contribution < -0.4 is 10.1 Å². The van der Waals surface area contributed by atoms with Crippen LogP contribution >= 0.6 is 11.6 Å². The Hall–Kier alpha value is -2.79. The van der Waals surface area contributed by atoms with Crippen LogP contribution in [-0.4, -0.2) is 11.1 Å². The van der Waals surface area contributed by atoms with Crippen LogP contribution in [0.1, 0.15) is 27.4 Å². The van der Waals surface area contributed by atoms with E-state index in [4.69, 9.17) is 20.9 Å². The van der Waals surface area contributed by atoms with Crippen molar-refractivity contribution in [2.24, 2.45) is 0 Å². The minimum absolute atomic E-state index is 0.209. The molecular weight excluding hydrogens is 340 g/mol. The molecule has 3 rings (SSSR count). The lowest BCUT2D eigenvalue weighted by molar-refractivity contribution is 0.102. The Morgan fingerprint density at radius 1 is 1.20 bits per heavy atom. The Morgan fingerprint density at radius 3 is 2.60 bits per heavy atom. The van der Waals surface area contributed by atoms with Gasteiger partial charge in [-0.15, -0.1) is 0 Å². The number of benzene rings is 2. The first-order chi connectivity index (χ1) is 12.0. The van der Waals surface area contributed by atoms with E-state index in [1.807, 2.05) is 13.8 Å². The highest BCUT2D eigenvalue weighted by atomic mass is 35.5. The predicted molar refractivity (Wildman–Crippen MR) is 96.2 cm³/mol. The molecule has 0 aliphatic heterocycles. The van der Waals surface area contributed by atoms with Crippen LogP contribution in [0, 0.1) is 13.8 Å². The lowest BCUT2D eigenvalue weighted by Gasteiger charge is -2.08. The van der Waals surface area contributed by atoms with E-state index in [0.29, 0.717) is 28.6 Å². The van der Waals surface area contributed by atoms with Crippen molar-refractivity contribution in [2.75, 3.05) is 5.32 Å². The van der Waals surface area contributed by atoms with Crippen LogP contribution in [-0.2, 0) is 6.61 Å². The van der Waals surface area contributed by atoms with Gasteiger partial charge in [0.2, 0.25) is 0 Å². The fraction of sp³-hybridized carbons (Fsp3) is 0.158. The lowest BCUT2D eigenvalue weighted by atomic mass is 10.2. The maximum absolute atomic E-state index is 12.3. The van der Waals surface area contributed by atoms with Crippen LogP contribution in [0.2, 0.25) is 5.02 Å². The molecular formula is C19H17ClN2O3. The van der Waals surface area contributed by atoms with Crippen LogP contribution in [0.4, 0.5) is 5.69 Å². The van der Waals surface area contributed by atoms with Crippen molar-refractivity contribution in [3.63, 3.8) is 0 Å². The van der Waals surface area contributed by atoms with Crippen molar-refractivity contribution >= 4 is 23.2 Å². The third-order valence-electron chi connectivity index (χ3n) is 3.76. The average Bonchev–Trinajstić information content (AvgIpc) is 2.92. The lowest BCUT2D eigenvalue weighted by Crippen LogP contribution is -2.11. The van der Waals surface area contributed by atoms with Crippen molar-refractivity contribution in [3.05, 3.63) is 76.1 Å². The Bertz CT molecular complexity index is 868. The maximum atomic E-state index is 12.3. The van der Waals surface area contributed by atoms with Crippen LogP contribution in [0.15, 0.2) is 53.1 Å². The second-order valence-electron chi connectivity index (χ2n) is 5.58. The molecule has 1 heterocycles. The summed E-state index contributed by atoms with van der Waals surface area (Å²) in [4.78, 5) is 12.3. The SMILES string of the molecule is Cc1noc(C)c1COc1ccc(C(=O)Nc2cccc(Cl)c2)cc1. The number of nitrogens with one attached hydrogen (secondary N) is 1. The number of anilines is 1. The number of rotatable bonds is 5. The molecule has 2 aromatic carbocycles. The number of ether oxygens (including phenoxy) is 1. The molecule has 5 nitrogen and oxygen atoms in total. The molecule has 0 saturated heterocycles. The third kappa shape index (κ3) is 4.19. The summed E-state index contributed by atoms with van der Waals surface area (Å²) >= 11 is 5.92. The van der Waals surface area contributed by atoms with Crippen molar-refractivity contribution in [1.29, 1.82) is 0 Å². The molecule has 0 aliphatic carbocycles. The number of halogens is 1. The topological polar surface area (TPSA) is 64.4 Å². The number of hydrogen-bond donors (Lipinski definition) is 1. The van der Waals surface area contributed by atoms with Gasteiger partial charge in [0.15, 0.2) is 0 Å². The molecule has 0 atom stereocenters. The monoisotopic (exact) mass is 356 g/mol. The number of nitrogens with zero attached hydrogens (tertiary/aromatic N) is 1. The Kier molecular flexibility index (Phi) is 5.05. The molecule has 0 radical (unpaired) electrons. The van der Waals surface area contributed by atoms with E-state index in [1.165, 1.54) is 0 Å². The van der Waals surface area contributed by atoms with Gasteiger partial charge in [-0.1, -0.05) is 22.8 Å². The molecule has 3 aromatic rings. The summed E-state index contributed by atoms with van der Waals surface area (Å²) in [5, 5.41) is 7.27. The van der Waals surface area contributed by atoms with Gasteiger partial charge in [0, 0.05) is 16.3 Å². The zero-order chi connectivity index (χ0) is 17.8. The van der Waals surface area contributed by atoms with Gasteiger partial charge in [-0.05, 0) is 56.3 Å². The summed E-state index contributed by atoms with van der Waals surface area (Å²) in [6.07, 6.45) is 0. The van der Waals surface area contributed by atoms with Gasteiger partial charge >= 0.3 is 0 Å². The Labute approximate surface area is 150 Å². The molecule has 128 valence electrons. The second-order valence-corrected chi connectivity index (χ2v) is 6.02. The van der Waals surface area contributed by atoms with Crippen molar-refractivity contribution in [3.8, 4) is 5.75 Å². The van der Waals surface area contributed by atoms with Gasteiger partial charge in [0.25, 0.3) is 5.91 Å². The third-order valence-corrected chi connectivity index (χ3v) is 4.00. The molecule has 6 heteroatoms. The first-order valence-corrected chi connectivity index (χ1v) is 8.12. The molecule has 25 heavy (non-hydrogen) atoms. The van der Waals surface area contributed by atoms with Crippen LogP contribution in [0.5, 0.6) is 5.75 Å². The minimum atomic E-state index is -0.209. The Morgan fingerprint density at radius 2 is 1.96 bits per heavy atom. The molecule has 1 N–H and O–H groups in total. The summed E-state index contributed by atoms with van der Waals surface area (Å²) in [5.74, 6) is 1.20. The summed E-state index contributed by atoms with van der Waals surface area (Å²) in [6, 6.07) is 13.9. The predicted octanol–water partition coefficient (Wildman–Crippen LogP) is 4.78. The van der Waals surface area contributed by atoms with E-state index in [9.17, 15) is 4.79 Å². The highest BCUT2D eigenvalue weighted by Crippen LogP contribution is 2.19. The number of amides is 1. The normalized spacial score (nSPS) is 10.5. The van der Waals surface area contributed by atoms with Crippen molar-refractivity contribution in [2.45, 2.75) is 20.5 Å². The number of hydrogen-bond acceptors (Lipinski definition) is 4. The smallest absolute Gasteiger partial charge is 0.255 e. The first kappa shape index (κ1) is 17.0.